The SMILES string of the molecule is COc1cc2ncc(C(N)=O)c(N3CCC(CCNC(=O)O)CC3)c2cc1OC. The van der Waals surface area contributed by atoms with E-state index < -0.39 is 12.0 Å². The van der Waals surface area contributed by atoms with Crippen molar-refractivity contribution in [3.63, 3.8) is 0 Å². The summed E-state index contributed by atoms with van der Waals surface area (Å²) in [5.74, 6) is 1.02. The van der Waals surface area contributed by atoms with E-state index in [2.05, 4.69) is 15.2 Å². The highest BCUT2D eigenvalue weighted by Gasteiger charge is 2.25. The van der Waals surface area contributed by atoms with Crippen LogP contribution in [0, 0.1) is 5.92 Å². The van der Waals surface area contributed by atoms with Gasteiger partial charge in [-0.1, -0.05) is 0 Å². The normalized spacial score (nSPS) is 14.6. The summed E-state index contributed by atoms with van der Waals surface area (Å²) in [6.45, 7) is 1.93. The molecular formula is C20H26N4O5. The Morgan fingerprint density at radius 1 is 1.24 bits per heavy atom. The number of piperidine rings is 1. The number of hydrogen-bond acceptors (Lipinski definition) is 6. The quantitative estimate of drug-likeness (QED) is 0.648. The summed E-state index contributed by atoms with van der Waals surface area (Å²) in [6.07, 6.45) is 3.11. The van der Waals surface area contributed by atoms with Gasteiger partial charge in [0.15, 0.2) is 11.5 Å². The summed E-state index contributed by atoms with van der Waals surface area (Å²) in [7, 11) is 3.12. The maximum absolute atomic E-state index is 12.1. The van der Waals surface area contributed by atoms with Crippen LogP contribution in [-0.4, -0.2) is 55.9 Å². The molecule has 4 N–H and O–H groups in total. The summed E-state index contributed by atoms with van der Waals surface area (Å²) < 4.78 is 10.8. The molecule has 0 atom stereocenters. The van der Waals surface area contributed by atoms with Crippen molar-refractivity contribution in [2.45, 2.75) is 19.3 Å². The van der Waals surface area contributed by atoms with Crippen LogP contribution in [0.5, 0.6) is 11.5 Å². The topological polar surface area (TPSA) is 127 Å². The molecule has 1 aliphatic rings. The Kier molecular flexibility index (Phi) is 6.26. The highest BCUT2D eigenvalue weighted by atomic mass is 16.5. The summed E-state index contributed by atoms with van der Waals surface area (Å²) in [4.78, 5) is 29.2. The molecule has 9 heteroatoms. The molecule has 9 nitrogen and oxygen atoms in total. The number of hydrogen-bond donors (Lipinski definition) is 3. The zero-order valence-corrected chi connectivity index (χ0v) is 16.6. The van der Waals surface area contributed by atoms with E-state index in [-0.39, 0.29) is 0 Å². The van der Waals surface area contributed by atoms with Gasteiger partial charge in [0.2, 0.25) is 0 Å². The van der Waals surface area contributed by atoms with E-state index >= 15 is 0 Å². The molecule has 2 heterocycles. The van der Waals surface area contributed by atoms with Gasteiger partial charge in [0, 0.05) is 37.3 Å². The van der Waals surface area contributed by atoms with Gasteiger partial charge in [-0.3, -0.25) is 9.78 Å². The van der Waals surface area contributed by atoms with Gasteiger partial charge >= 0.3 is 6.09 Å². The van der Waals surface area contributed by atoms with Crippen molar-refractivity contribution in [1.82, 2.24) is 10.3 Å². The van der Waals surface area contributed by atoms with E-state index in [1.54, 1.807) is 20.3 Å². The Balaban J connectivity index is 1.90. The third-order valence-electron chi connectivity index (χ3n) is 5.37. The van der Waals surface area contributed by atoms with E-state index in [0.29, 0.717) is 35.0 Å². The number of carbonyl (C=O) groups is 2. The molecule has 1 saturated heterocycles. The van der Waals surface area contributed by atoms with E-state index in [9.17, 15) is 9.59 Å². The third-order valence-corrected chi connectivity index (χ3v) is 5.37. The van der Waals surface area contributed by atoms with Gasteiger partial charge in [0.1, 0.15) is 0 Å². The Hall–Kier alpha value is -3.23. The molecule has 1 aromatic heterocycles. The lowest BCUT2D eigenvalue weighted by Gasteiger charge is -2.35. The standard InChI is InChI=1S/C20H26N4O5/c1-28-16-9-13-15(10-17(16)29-2)23-11-14(19(21)25)18(13)24-7-4-12(5-8-24)3-6-22-20(26)27/h9-12,22H,3-8H2,1-2H3,(H2,21,25)(H,26,27). The molecular weight excluding hydrogens is 376 g/mol. The highest BCUT2D eigenvalue weighted by Crippen LogP contribution is 2.38. The second kappa shape index (κ2) is 8.85. The first-order valence-electron chi connectivity index (χ1n) is 9.50. The molecule has 3 rings (SSSR count). The van der Waals surface area contributed by atoms with Crippen LogP contribution in [0.4, 0.5) is 10.5 Å². The van der Waals surface area contributed by atoms with Gasteiger partial charge in [-0.05, 0) is 31.2 Å². The van der Waals surface area contributed by atoms with Crippen molar-refractivity contribution in [2.24, 2.45) is 11.7 Å². The first-order valence-corrected chi connectivity index (χ1v) is 9.50. The van der Waals surface area contributed by atoms with Gasteiger partial charge in [0.25, 0.3) is 5.91 Å². The van der Waals surface area contributed by atoms with Crippen molar-refractivity contribution >= 4 is 28.6 Å². The minimum absolute atomic E-state index is 0.371. The number of pyridine rings is 1. The predicted octanol–water partition coefficient (Wildman–Crippen LogP) is 2.22. The first kappa shape index (κ1) is 20.5. The number of carbonyl (C=O) groups excluding carboxylic acids is 1. The van der Waals surface area contributed by atoms with Crippen LogP contribution >= 0.6 is 0 Å². The second-order valence-corrected chi connectivity index (χ2v) is 7.06. The molecule has 2 aromatic rings. The number of nitrogens with two attached hydrogens (primary N) is 1. The Labute approximate surface area is 168 Å². The minimum atomic E-state index is -0.999. The number of carboxylic acid groups (broad SMARTS) is 1. The van der Waals surface area contributed by atoms with Gasteiger partial charge in [-0.25, -0.2) is 4.79 Å². The molecule has 0 aliphatic carbocycles. The number of nitrogens with one attached hydrogen (secondary N) is 1. The summed E-state index contributed by atoms with van der Waals surface area (Å²) >= 11 is 0. The van der Waals surface area contributed by atoms with Crippen LogP contribution in [0.25, 0.3) is 10.9 Å². The number of anilines is 1. The molecule has 0 radical (unpaired) electrons. The fourth-order valence-electron chi connectivity index (χ4n) is 3.85. The van der Waals surface area contributed by atoms with E-state index in [0.717, 1.165) is 43.4 Å². The summed E-state index contributed by atoms with van der Waals surface area (Å²) in [5, 5.41) is 11.9. The number of methoxy groups -OCH3 is 2. The number of benzene rings is 1. The Bertz CT molecular complexity index is 909. The zero-order chi connectivity index (χ0) is 21.0. The number of primary amides is 1. The molecule has 0 spiro atoms. The Morgan fingerprint density at radius 3 is 2.48 bits per heavy atom. The average Bonchev–Trinajstić information content (AvgIpc) is 2.72. The molecule has 0 saturated carbocycles. The Morgan fingerprint density at radius 2 is 1.90 bits per heavy atom. The van der Waals surface area contributed by atoms with Crippen molar-refractivity contribution in [1.29, 1.82) is 0 Å². The second-order valence-electron chi connectivity index (χ2n) is 7.06. The molecule has 1 aromatic carbocycles. The van der Waals surface area contributed by atoms with Crippen molar-refractivity contribution in [3.8, 4) is 11.5 Å². The van der Waals surface area contributed by atoms with Crippen LogP contribution in [0.2, 0.25) is 0 Å². The molecule has 0 bridgehead atoms. The number of nitrogens with zero attached hydrogens (tertiary/aromatic N) is 2. The molecule has 0 unspecified atom stereocenters. The molecule has 156 valence electrons. The first-order chi connectivity index (χ1) is 13.9. The smallest absolute Gasteiger partial charge is 0.404 e. The van der Waals surface area contributed by atoms with Gasteiger partial charge in [-0.15, -0.1) is 0 Å². The highest BCUT2D eigenvalue weighted by molar-refractivity contribution is 6.07. The number of fused-ring (bicyclic) bond motifs is 1. The number of aromatic nitrogens is 1. The van der Waals surface area contributed by atoms with Crippen LogP contribution in [0.3, 0.4) is 0 Å². The van der Waals surface area contributed by atoms with E-state index in [4.69, 9.17) is 20.3 Å². The predicted molar refractivity (Wildman–Crippen MR) is 109 cm³/mol. The molecule has 1 fully saturated rings. The van der Waals surface area contributed by atoms with Crippen molar-refractivity contribution < 1.29 is 24.2 Å². The summed E-state index contributed by atoms with van der Waals surface area (Å²) in [6, 6.07) is 3.61. The number of rotatable bonds is 7. The molecule has 1 aliphatic heterocycles. The molecule has 2 amide bonds. The van der Waals surface area contributed by atoms with Gasteiger partial charge in [0.05, 0.1) is 31.0 Å². The lowest BCUT2D eigenvalue weighted by Crippen LogP contribution is -2.36. The average molecular weight is 402 g/mol. The van der Waals surface area contributed by atoms with Gasteiger partial charge < -0.3 is 30.5 Å². The lowest BCUT2D eigenvalue weighted by atomic mass is 9.92. The number of ether oxygens (including phenoxy) is 2. The largest absolute Gasteiger partial charge is 0.493 e. The summed E-state index contributed by atoms with van der Waals surface area (Å²) in [5.41, 5.74) is 7.45. The van der Waals surface area contributed by atoms with Crippen LogP contribution < -0.4 is 25.4 Å². The fourth-order valence-corrected chi connectivity index (χ4v) is 3.85. The maximum Gasteiger partial charge on any atom is 0.404 e. The van der Waals surface area contributed by atoms with E-state index in [1.165, 1.54) is 6.20 Å². The fraction of sp³-hybridized carbons (Fsp3) is 0.450. The third kappa shape index (κ3) is 4.44. The van der Waals surface area contributed by atoms with Crippen molar-refractivity contribution in [2.75, 3.05) is 38.8 Å². The minimum Gasteiger partial charge on any atom is -0.493 e. The zero-order valence-electron chi connectivity index (χ0n) is 16.6. The van der Waals surface area contributed by atoms with E-state index in [1.807, 2.05) is 6.07 Å². The monoisotopic (exact) mass is 402 g/mol. The number of amides is 2. The van der Waals surface area contributed by atoms with Crippen molar-refractivity contribution in [3.05, 3.63) is 23.9 Å². The van der Waals surface area contributed by atoms with Gasteiger partial charge in [-0.2, -0.15) is 0 Å². The lowest BCUT2D eigenvalue weighted by molar-refractivity contribution is 0.100. The van der Waals surface area contributed by atoms with Crippen LogP contribution in [0.1, 0.15) is 29.6 Å². The molecule has 29 heavy (non-hydrogen) atoms. The van der Waals surface area contributed by atoms with Crippen LogP contribution in [-0.2, 0) is 0 Å². The van der Waals surface area contributed by atoms with Crippen LogP contribution in [0.15, 0.2) is 18.3 Å². The maximum atomic E-state index is 12.1.